The summed E-state index contributed by atoms with van der Waals surface area (Å²) < 4.78 is 37.7. The fourth-order valence-electron chi connectivity index (χ4n) is 0.965. The normalized spacial score (nSPS) is 11.7. The second-order valence-electron chi connectivity index (χ2n) is 2.64. The number of hydrogen-bond acceptors (Lipinski definition) is 1. The van der Waals surface area contributed by atoms with Crippen LogP contribution in [-0.2, 0) is 12.7 Å². The van der Waals surface area contributed by atoms with Gasteiger partial charge in [-0.2, -0.15) is 13.2 Å². The predicted octanol–water partition coefficient (Wildman–Crippen LogP) is 2.26. The molecule has 78 valence electrons. The molecule has 0 fully saturated rings. The molecule has 1 aromatic rings. The summed E-state index contributed by atoms with van der Waals surface area (Å²) >= 11 is 3.05. The van der Waals surface area contributed by atoms with Crippen LogP contribution in [0.1, 0.15) is 5.56 Å². The van der Waals surface area contributed by atoms with Crippen molar-refractivity contribution < 1.29 is 13.2 Å². The average Bonchev–Trinajstić information content (AvgIpc) is 2.07. The van der Waals surface area contributed by atoms with Gasteiger partial charge in [0.25, 0.3) is 5.56 Å². The van der Waals surface area contributed by atoms with Crippen LogP contribution < -0.4 is 5.56 Å². The highest BCUT2D eigenvalue weighted by Crippen LogP contribution is 2.27. The van der Waals surface area contributed by atoms with Crippen LogP contribution in [0, 0.1) is 0 Å². The summed E-state index contributed by atoms with van der Waals surface area (Å²) in [5.41, 5.74) is -1.24. The van der Waals surface area contributed by atoms with E-state index in [9.17, 15) is 18.0 Å². The Hall–Kier alpha value is -0.780. The fraction of sp³-hybridized carbons (Fsp3) is 0.375. The van der Waals surface area contributed by atoms with Crippen molar-refractivity contribution >= 4 is 15.9 Å². The van der Waals surface area contributed by atoms with Crippen LogP contribution in [0.25, 0.3) is 0 Å². The summed E-state index contributed by atoms with van der Waals surface area (Å²) in [5, 5.41) is 0.439. The maximum Gasteiger partial charge on any atom is 0.417 e. The Kier molecular flexibility index (Phi) is 3.36. The Bertz CT molecular complexity index is 372. The lowest BCUT2D eigenvalue weighted by molar-refractivity contribution is -0.138. The van der Waals surface area contributed by atoms with Crippen LogP contribution in [0.15, 0.2) is 23.1 Å². The first-order valence-corrected chi connectivity index (χ1v) is 4.91. The van der Waals surface area contributed by atoms with Gasteiger partial charge in [0.15, 0.2) is 0 Å². The summed E-state index contributed by atoms with van der Waals surface area (Å²) in [6.07, 6.45) is -3.58. The minimum absolute atomic E-state index is 0.225. The molecule has 0 atom stereocenters. The van der Waals surface area contributed by atoms with Crippen molar-refractivity contribution in [3.8, 4) is 0 Å². The van der Waals surface area contributed by atoms with Gasteiger partial charge in [0.1, 0.15) is 0 Å². The molecule has 0 N–H and O–H groups in total. The molecule has 0 aliphatic rings. The van der Waals surface area contributed by atoms with E-state index in [-0.39, 0.29) is 6.54 Å². The highest BCUT2D eigenvalue weighted by atomic mass is 79.9. The van der Waals surface area contributed by atoms with Gasteiger partial charge < -0.3 is 4.57 Å². The molecule has 0 aliphatic heterocycles. The van der Waals surface area contributed by atoms with E-state index in [1.165, 1.54) is 0 Å². The van der Waals surface area contributed by atoms with E-state index in [1.807, 2.05) is 0 Å². The zero-order chi connectivity index (χ0) is 10.8. The third kappa shape index (κ3) is 2.60. The first kappa shape index (κ1) is 11.3. The molecule has 2 nitrogen and oxygen atoms in total. The Labute approximate surface area is 86.5 Å². The van der Waals surface area contributed by atoms with Crippen molar-refractivity contribution in [1.29, 1.82) is 0 Å². The largest absolute Gasteiger partial charge is 0.417 e. The van der Waals surface area contributed by atoms with Crippen LogP contribution >= 0.6 is 15.9 Å². The molecule has 0 saturated carbocycles. The Morgan fingerprint density at radius 2 is 2.00 bits per heavy atom. The van der Waals surface area contributed by atoms with E-state index in [1.54, 1.807) is 0 Å². The molecule has 0 aromatic carbocycles. The van der Waals surface area contributed by atoms with E-state index < -0.39 is 17.3 Å². The quantitative estimate of drug-likeness (QED) is 0.755. The Morgan fingerprint density at radius 3 is 2.50 bits per heavy atom. The lowest BCUT2D eigenvalue weighted by Gasteiger charge is -2.09. The maximum atomic E-state index is 12.2. The van der Waals surface area contributed by atoms with Gasteiger partial charge in [-0.25, -0.2) is 0 Å². The summed E-state index contributed by atoms with van der Waals surface area (Å²) in [5.74, 6) is 0. The lowest BCUT2D eigenvalue weighted by atomic mass is 10.3. The number of pyridine rings is 1. The molecule has 1 aromatic heterocycles. The summed E-state index contributed by atoms with van der Waals surface area (Å²) in [7, 11) is 0. The van der Waals surface area contributed by atoms with Crippen molar-refractivity contribution in [2.45, 2.75) is 12.7 Å². The van der Waals surface area contributed by atoms with Crippen LogP contribution in [0.2, 0.25) is 0 Å². The molecule has 0 radical (unpaired) electrons. The molecule has 14 heavy (non-hydrogen) atoms. The summed E-state index contributed by atoms with van der Waals surface area (Å²) in [4.78, 5) is 11.1. The number of hydrogen-bond donors (Lipinski definition) is 0. The Morgan fingerprint density at radius 1 is 1.36 bits per heavy atom. The number of aromatic nitrogens is 1. The van der Waals surface area contributed by atoms with Crippen LogP contribution in [-0.4, -0.2) is 9.90 Å². The van der Waals surface area contributed by atoms with Crippen molar-refractivity contribution in [3.63, 3.8) is 0 Å². The average molecular weight is 270 g/mol. The van der Waals surface area contributed by atoms with Gasteiger partial charge in [-0.15, -0.1) is 0 Å². The van der Waals surface area contributed by atoms with Crippen molar-refractivity contribution in [3.05, 3.63) is 34.2 Å². The highest BCUT2D eigenvalue weighted by Gasteiger charge is 2.30. The zero-order valence-corrected chi connectivity index (χ0v) is 8.60. The predicted molar refractivity (Wildman–Crippen MR) is 49.5 cm³/mol. The highest BCUT2D eigenvalue weighted by molar-refractivity contribution is 9.09. The molecular weight excluding hydrogens is 263 g/mol. The molecule has 0 amide bonds. The van der Waals surface area contributed by atoms with Crippen molar-refractivity contribution in [1.82, 2.24) is 4.57 Å². The van der Waals surface area contributed by atoms with Gasteiger partial charge >= 0.3 is 6.18 Å². The molecular formula is C8H7BrF3NO. The molecule has 0 unspecified atom stereocenters. The third-order valence-electron chi connectivity index (χ3n) is 1.64. The maximum absolute atomic E-state index is 12.2. The molecule has 0 saturated heterocycles. The van der Waals surface area contributed by atoms with Gasteiger partial charge in [-0.1, -0.05) is 15.9 Å². The van der Waals surface area contributed by atoms with E-state index >= 15 is 0 Å². The first-order valence-electron chi connectivity index (χ1n) is 3.79. The standard InChI is InChI=1S/C8H7BrF3NO/c9-3-4-13-5-6(8(10,11)12)1-2-7(13)14/h1-2,5H,3-4H2. The molecule has 0 aliphatic carbocycles. The topological polar surface area (TPSA) is 22.0 Å². The van der Waals surface area contributed by atoms with Crippen LogP contribution in [0.4, 0.5) is 13.2 Å². The van der Waals surface area contributed by atoms with Crippen LogP contribution in [0.3, 0.4) is 0 Å². The van der Waals surface area contributed by atoms with Gasteiger partial charge in [-0.3, -0.25) is 4.79 Å². The number of rotatable bonds is 2. The fourth-order valence-corrected chi connectivity index (χ4v) is 1.35. The molecule has 1 heterocycles. The van der Waals surface area contributed by atoms with Gasteiger partial charge in [0.05, 0.1) is 5.56 Å². The Balaban J connectivity index is 3.13. The van der Waals surface area contributed by atoms with E-state index in [4.69, 9.17) is 0 Å². The summed E-state index contributed by atoms with van der Waals surface area (Å²) in [6.45, 7) is 0.225. The number of halogens is 4. The first-order chi connectivity index (χ1) is 6.45. The van der Waals surface area contributed by atoms with E-state index in [0.29, 0.717) is 5.33 Å². The lowest BCUT2D eigenvalue weighted by Crippen LogP contribution is -2.21. The third-order valence-corrected chi connectivity index (χ3v) is 1.99. The molecule has 0 bridgehead atoms. The van der Waals surface area contributed by atoms with Crippen LogP contribution in [0.5, 0.6) is 0 Å². The smallest absolute Gasteiger partial charge is 0.314 e. The zero-order valence-electron chi connectivity index (χ0n) is 7.01. The molecule has 1 rings (SSSR count). The van der Waals surface area contributed by atoms with E-state index in [0.717, 1.165) is 22.9 Å². The van der Waals surface area contributed by atoms with E-state index in [2.05, 4.69) is 15.9 Å². The van der Waals surface area contributed by atoms with Gasteiger partial charge in [-0.05, 0) is 6.07 Å². The summed E-state index contributed by atoms with van der Waals surface area (Å²) in [6, 6.07) is 1.71. The number of nitrogens with zero attached hydrogens (tertiary/aromatic N) is 1. The monoisotopic (exact) mass is 269 g/mol. The van der Waals surface area contributed by atoms with Gasteiger partial charge in [0, 0.05) is 24.1 Å². The van der Waals surface area contributed by atoms with Gasteiger partial charge in [0.2, 0.25) is 0 Å². The second kappa shape index (κ2) is 4.16. The SMILES string of the molecule is O=c1ccc(C(F)(F)F)cn1CCBr. The minimum atomic E-state index is -4.40. The molecule has 6 heteroatoms. The minimum Gasteiger partial charge on any atom is -0.314 e. The second-order valence-corrected chi connectivity index (χ2v) is 3.43. The number of aryl methyl sites for hydroxylation is 1. The van der Waals surface area contributed by atoms with Crippen molar-refractivity contribution in [2.75, 3.05) is 5.33 Å². The number of alkyl halides is 4. The molecule has 0 spiro atoms. The van der Waals surface area contributed by atoms with Crippen molar-refractivity contribution in [2.24, 2.45) is 0 Å².